The molecule has 0 bridgehead atoms. The van der Waals surface area contributed by atoms with Crippen LogP contribution < -0.4 is 10.3 Å². The number of nitrogens with zero attached hydrogens (tertiary/aromatic N) is 2. The Morgan fingerprint density at radius 1 is 1.03 bits per heavy atom. The smallest absolute Gasteiger partial charge is 0.297 e. The zero-order valence-electron chi connectivity index (χ0n) is 18.3. The number of fused-ring (bicyclic) bond motifs is 3. The van der Waals surface area contributed by atoms with Gasteiger partial charge < -0.3 is 8.83 Å². The largest absolute Gasteiger partial charge is 0.464 e. The Bertz CT molecular complexity index is 1620. The third-order valence-electron chi connectivity index (χ3n) is 6.08. The van der Waals surface area contributed by atoms with Crippen LogP contribution in [0.25, 0.3) is 21.2 Å². The van der Waals surface area contributed by atoms with Crippen LogP contribution >= 0.6 is 11.3 Å². The highest BCUT2D eigenvalue weighted by molar-refractivity contribution is 7.22. The maximum atomic E-state index is 13.7. The number of carbonyl (C=O) groups excluding carboxylic acids is 1. The normalized spacial score (nSPS) is 15.8. The molecular weight excluding hydrogens is 436 g/mol. The van der Waals surface area contributed by atoms with Crippen molar-refractivity contribution in [2.24, 2.45) is 0 Å². The van der Waals surface area contributed by atoms with Gasteiger partial charge in [-0.2, -0.15) is 0 Å². The van der Waals surface area contributed by atoms with Crippen LogP contribution in [0.15, 0.2) is 68.2 Å². The summed E-state index contributed by atoms with van der Waals surface area (Å²) >= 11 is 1.42. The molecule has 164 valence electrons. The van der Waals surface area contributed by atoms with Gasteiger partial charge >= 0.3 is 0 Å². The number of hydrogen-bond donors (Lipinski definition) is 0. The van der Waals surface area contributed by atoms with Crippen molar-refractivity contribution in [3.63, 3.8) is 0 Å². The monoisotopic (exact) mass is 456 g/mol. The molecule has 0 spiro atoms. The molecule has 33 heavy (non-hydrogen) atoms. The summed E-state index contributed by atoms with van der Waals surface area (Å²) in [6.45, 7) is 6.11. The van der Waals surface area contributed by atoms with Crippen molar-refractivity contribution in [2.45, 2.75) is 32.7 Å². The van der Waals surface area contributed by atoms with Crippen molar-refractivity contribution in [1.82, 2.24) is 4.98 Å². The highest BCUT2D eigenvalue weighted by atomic mass is 32.1. The van der Waals surface area contributed by atoms with Gasteiger partial charge in [0.15, 0.2) is 10.6 Å². The SMILES string of the molecule is Cc1ccc([C@@H]2c3c(oc4ccccc4c3=O)C(=O)N2c2nc3ccc(C(C)C)cc3s2)o1. The summed E-state index contributed by atoms with van der Waals surface area (Å²) in [5, 5.41) is 0.940. The van der Waals surface area contributed by atoms with Crippen molar-refractivity contribution in [3.05, 3.63) is 93.2 Å². The number of rotatable bonds is 3. The van der Waals surface area contributed by atoms with Gasteiger partial charge in [-0.05, 0) is 54.8 Å². The average molecular weight is 457 g/mol. The lowest BCUT2D eigenvalue weighted by Crippen LogP contribution is -2.29. The van der Waals surface area contributed by atoms with Gasteiger partial charge in [-0.25, -0.2) is 4.98 Å². The van der Waals surface area contributed by atoms with Gasteiger partial charge in [0.25, 0.3) is 5.91 Å². The predicted octanol–water partition coefficient (Wildman–Crippen LogP) is 6.18. The molecule has 2 aromatic carbocycles. The minimum Gasteiger partial charge on any atom is -0.464 e. The summed E-state index contributed by atoms with van der Waals surface area (Å²) in [6.07, 6.45) is 0. The molecule has 1 aliphatic heterocycles. The van der Waals surface area contributed by atoms with E-state index in [4.69, 9.17) is 13.8 Å². The first-order valence-corrected chi connectivity index (χ1v) is 11.6. The van der Waals surface area contributed by atoms with E-state index in [1.807, 2.05) is 19.1 Å². The molecule has 7 heteroatoms. The van der Waals surface area contributed by atoms with Crippen LogP contribution in [-0.2, 0) is 0 Å². The zero-order chi connectivity index (χ0) is 22.9. The zero-order valence-corrected chi connectivity index (χ0v) is 19.1. The second-order valence-corrected chi connectivity index (χ2v) is 9.58. The number of thiazole rings is 1. The van der Waals surface area contributed by atoms with E-state index in [0.29, 0.717) is 33.5 Å². The quantitative estimate of drug-likeness (QED) is 0.324. The van der Waals surface area contributed by atoms with E-state index >= 15 is 0 Å². The average Bonchev–Trinajstić information content (AvgIpc) is 3.49. The van der Waals surface area contributed by atoms with E-state index in [1.54, 1.807) is 30.3 Å². The molecule has 0 unspecified atom stereocenters. The van der Waals surface area contributed by atoms with E-state index in [2.05, 4.69) is 26.0 Å². The third kappa shape index (κ3) is 2.96. The summed E-state index contributed by atoms with van der Waals surface area (Å²) in [4.78, 5) is 33.5. The van der Waals surface area contributed by atoms with Gasteiger partial charge in [-0.1, -0.05) is 43.4 Å². The minimum absolute atomic E-state index is 0.0416. The molecule has 0 radical (unpaired) electrons. The molecule has 0 N–H and O–H groups in total. The van der Waals surface area contributed by atoms with Crippen LogP contribution in [0.1, 0.15) is 59.0 Å². The Balaban J connectivity index is 1.60. The molecule has 0 saturated carbocycles. The molecule has 1 amide bonds. The highest BCUT2D eigenvalue weighted by Gasteiger charge is 2.46. The molecule has 5 aromatic rings. The number of aromatic nitrogens is 1. The summed E-state index contributed by atoms with van der Waals surface area (Å²) in [5.74, 6) is 1.23. The van der Waals surface area contributed by atoms with Crippen molar-refractivity contribution < 1.29 is 13.6 Å². The van der Waals surface area contributed by atoms with E-state index < -0.39 is 11.9 Å². The molecule has 6 rings (SSSR count). The summed E-state index contributed by atoms with van der Waals surface area (Å²) < 4.78 is 12.9. The van der Waals surface area contributed by atoms with Gasteiger partial charge in [0.05, 0.1) is 21.2 Å². The lowest BCUT2D eigenvalue weighted by Gasteiger charge is -2.20. The number of furan rings is 1. The molecule has 1 atom stereocenters. The molecule has 0 aliphatic carbocycles. The Morgan fingerprint density at radius 2 is 1.85 bits per heavy atom. The lowest BCUT2D eigenvalue weighted by atomic mass is 10.0. The maximum Gasteiger partial charge on any atom is 0.297 e. The highest BCUT2D eigenvalue weighted by Crippen LogP contribution is 2.44. The van der Waals surface area contributed by atoms with Gasteiger partial charge in [0.2, 0.25) is 5.76 Å². The number of hydrogen-bond acceptors (Lipinski definition) is 6. The van der Waals surface area contributed by atoms with Crippen LogP contribution in [0.4, 0.5) is 5.13 Å². The number of para-hydroxylation sites is 1. The Hall–Kier alpha value is -3.71. The molecular formula is C26H20N2O4S. The van der Waals surface area contributed by atoms with E-state index in [-0.39, 0.29) is 16.8 Å². The number of carbonyl (C=O) groups is 1. The molecule has 0 fully saturated rings. The van der Waals surface area contributed by atoms with Crippen molar-refractivity contribution in [1.29, 1.82) is 0 Å². The number of aryl methyl sites for hydroxylation is 1. The predicted molar refractivity (Wildman–Crippen MR) is 128 cm³/mol. The Morgan fingerprint density at radius 3 is 2.61 bits per heavy atom. The number of amides is 1. The molecule has 1 aliphatic rings. The topological polar surface area (TPSA) is 76.6 Å². The van der Waals surface area contributed by atoms with Crippen molar-refractivity contribution in [2.75, 3.05) is 4.90 Å². The van der Waals surface area contributed by atoms with Crippen LogP contribution in [-0.4, -0.2) is 10.9 Å². The second-order valence-electron chi connectivity index (χ2n) is 8.57. The third-order valence-corrected chi connectivity index (χ3v) is 7.10. The minimum atomic E-state index is -0.743. The van der Waals surface area contributed by atoms with Crippen LogP contribution in [0, 0.1) is 6.92 Å². The summed E-state index contributed by atoms with van der Waals surface area (Å²) in [6, 6.07) is 16.0. The first-order valence-electron chi connectivity index (χ1n) is 10.8. The molecule has 6 nitrogen and oxygen atoms in total. The van der Waals surface area contributed by atoms with E-state index in [0.717, 1.165) is 10.2 Å². The molecule has 0 saturated heterocycles. The standard InChI is InChI=1S/C26H20N2O4S/c1-13(2)15-9-10-17-20(12-15)33-26(27-17)28-22(19-11-8-14(3)31-19)21-23(29)16-6-4-5-7-18(16)32-24(21)25(28)30/h4-13,22H,1-3H3/t22-/m1/s1. The van der Waals surface area contributed by atoms with Crippen LogP contribution in [0.2, 0.25) is 0 Å². The number of anilines is 1. The fraction of sp³-hybridized carbons (Fsp3) is 0.192. The lowest BCUT2D eigenvalue weighted by molar-refractivity contribution is 0.0969. The van der Waals surface area contributed by atoms with Crippen LogP contribution in [0.3, 0.4) is 0 Å². The first kappa shape index (κ1) is 19.9. The molecule has 4 heterocycles. The van der Waals surface area contributed by atoms with E-state index in [9.17, 15) is 9.59 Å². The van der Waals surface area contributed by atoms with Gasteiger partial charge in [-0.3, -0.25) is 14.5 Å². The van der Waals surface area contributed by atoms with Gasteiger partial charge in [0, 0.05) is 0 Å². The van der Waals surface area contributed by atoms with Gasteiger partial charge in [-0.15, -0.1) is 0 Å². The summed E-state index contributed by atoms with van der Waals surface area (Å²) in [5.41, 5.74) is 2.45. The van der Waals surface area contributed by atoms with Crippen molar-refractivity contribution in [3.8, 4) is 0 Å². The number of benzene rings is 2. The Kier molecular flexibility index (Phi) is 4.32. The molecule has 3 aromatic heterocycles. The fourth-order valence-corrected chi connectivity index (χ4v) is 5.42. The van der Waals surface area contributed by atoms with E-state index in [1.165, 1.54) is 21.8 Å². The first-order chi connectivity index (χ1) is 15.9. The van der Waals surface area contributed by atoms with Crippen LogP contribution in [0.5, 0.6) is 0 Å². The van der Waals surface area contributed by atoms with Crippen molar-refractivity contribution >= 4 is 43.6 Å². The second kappa shape index (κ2) is 7.15. The maximum absolute atomic E-state index is 13.7. The summed E-state index contributed by atoms with van der Waals surface area (Å²) in [7, 11) is 0. The Labute approximate surface area is 193 Å². The van der Waals surface area contributed by atoms with Gasteiger partial charge in [0.1, 0.15) is 23.1 Å². The fourth-order valence-electron chi connectivity index (χ4n) is 4.38.